The van der Waals surface area contributed by atoms with Crippen molar-refractivity contribution in [1.29, 1.82) is 0 Å². The van der Waals surface area contributed by atoms with Crippen molar-refractivity contribution in [3.63, 3.8) is 0 Å². The summed E-state index contributed by atoms with van der Waals surface area (Å²) < 4.78 is 18.1. The maximum Gasteiger partial charge on any atom is 0.361 e. The molecular formula is C17H12FN3O3. The number of hydrogen-bond donors (Lipinski definition) is 2. The molecule has 3 aromatic rings. The number of nitrogens with one attached hydrogen (secondary N) is 1. The summed E-state index contributed by atoms with van der Waals surface area (Å²) in [7, 11) is 0. The highest BCUT2D eigenvalue weighted by Crippen LogP contribution is 2.19. The Morgan fingerprint density at radius 3 is 2.54 bits per heavy atom. The zero-order chi connectivity index (χ0) is 17.1. The van der Waals surface area contributed by atoms with E-state index in [2.05, 4.69) is 10.2 Å². The smallest absolute Gasteiger partial charge is 0.361 e. The van der Waals surface area contributed by atoms with Crippen LogP contribution in [0.15, 0.2) is 54.6 Å². The quantitative estimate of drug-likeness (QED) is 0.569. The fourth-order valence-electron chi connectivity index (χ4n) is 2.07. The highest BCUT2D eigenvalue weighted by Gasteiger charge is 2.14. The second-order valence-electron chi connectivity index (χ2n) is 4.96. The van der Waals surface area contributed by atoms with Crippen LogP contribution in [0.2, 0.25) is 0 Å². The van der Waals surface area contributed by atoms with Gasteiger partial charge in [0.15, 0.2) is 0 Å². The summed E-state index contributed by atoms with van der Waals surface area (Å²) in [6.45, 7) is 0. The van der Waals surface area contributed by atoms with Gasteiger partial charge in [-0.3, -0.25) is 9.89 Å². The normalized spacial score (nSPS) is 10.4. The van der Waals surface area contributed by atoms with Gasteiger partial charge in [0.1, 0.15) is 17.3 Å². The topological polar surface area (TPSA) is 98.1 Å². The van der Waals surface area contributed by atoms with Crippen LogP contribution >= 0.6 is 0 Å². The average Bonchev–Trinajstić information content (AvgIpc) is 3.06. The maximum absolute atomic E-state index is 12.9. The number of hydrogen-bond acceptors (Lipinski definition) is 4. The van der Waals surface area contributed by atoms with Crippen LogP contribution in [0.5, 0.6) is 5.75 Å². The number of carbonyl (C=O) groups excluding carboxylic acids is 2. The molecule has 0 fully saturated rings. The van der Waals surface area contributed by atoms with Gasteiger partial charge in [-0.2, -0.15) is 5.10 Å². The third kappa shape index (κ3) is 3.30. The van der Waals surface area contributed by atoms with Crippen LogP contribution in [-0.4, -0.2) is 22.1 Å². The third-order valence-electron chi connectivity index (χ3n) is 3.27. The fourth-order valence-corrected chi connectivity index (χ4v) is 2.07. The van der Waals surface area contributed by atoms with Crippen molar-refractivity contribution in [3.05, 3.63) is 71.7 Å². The first-order valence-corrected chi connectivity index (χ1v) is 6.96. The Hall–Kier alpha value is -3.48. The number of H-pyrrole nitrogens is 1. The summed E-state index contributed by atoms with van der Waals surface area (Å²) in [5, 5.41) is 6.57. The van der Waals surface area contributed by atoms with Crippen LogP contribution in [-0.2, 0) is 0 Å². The predicted molar refractivity (Wildman–Crippen MR) is 83.9 cm³/mol. The second-order valence-corrected chi connectivity index (χ2v) is 4.96. The van der Waals surface area contributed by atoms with Crippen molar-refractivity contribution in [2.75, 3.05) is 0 Å². The molecule has 0 aliphatic carbocycles. The minimum absolute atomic E-state index is 0.124. The van der Waals surface area contributed by atoms with Crippen molar-refractivity contribution in [1.82, 2.24) is 10.2 Å². The summed E-state index contributed by atoms with van der Waals surface area (Å²) in [6.07, 6.45) is 0. The molecule has 0 radical (unpaired) electrons. The van der Waals surface area contributed by atoms with Gasteiger partial charge in [0.25, 0.3) is 0 Å². The number of amides is 1. The number of carbonyl (C=O) groups is 2. The van der Waals surface area contributed by atoms with Gasteiger partial charge in [-0.1, -0.05) is 6.07 Å². The number of benzene rings is 2. The largest absolute Gasteiger partial charge is 0.422 e. The summed E-state index contributed by atoms with van der Waals surface area (Å²) in [4.78, 5) is 23.3. The minimum atomic E-state index is -0.669. The molecule has 3 N–H and O–H groups in total. The molecule has 0 saturated carbocycles. The van der Waals surface area contributed by atoms with E-state index in [1.165, 1.54) is 36.4 Å². The van der Waals surface area contributed by atoms with Crippen LogP contribution in [0.25, 0.3) is 11.3 Å². The minimum Gasteiger partial charge on any atom is -0.422 e. The number of halogens is 1. The summed E-state index contributed by atoms with van der Waals surface area (Å²) in [6, 6.07) is 13.2. The number of ether oxygens (including phenoxy) is 1. The van der Waals surface area contributed by atoms with Gasteiger partial charge in [-0.25, -0.2) is 9.18 Å². The first kappa shape index (κ1) is 15.4. The van der Waals surface area contributed by atoms with Crippen LogP contribution < -0.4 is 10.5 Å². The van der Waals surface area contributed by atoms with Gasteiger partial charge in [-0.15, -0.1) is 0 Å². The summed E-state index contributed by atoms with van der Waals surface area (Å²) >= 11 is 0. The zero-order valence-electron chi connectivity index (χ0n) is 12.3. The van der Waals surface area contributed by atoms with E-state index >= 15 is 0 Å². The standard InChI is InChI=1S/C17H12FN3O3/c18-12-6-4-10(5-7-12)14-9-15(21-20-14)17(23)24-13-3-1-2-11(8-13)16(19)22/h1-9H,(H2,19,22)(H,20,21). The second kappa shape index (κ2) is 6.33. The van der Waals surface area contributed by atoms with E-state index in [0.29, 0.717) is 11.3 Å². The van der Waals surface area contributed by atoms with Gasteiger partial charge in [-0.05, 0) is 48.5 Å². The lowest BCUT2D eigenvalue weighted by molar-refractivity contribution is 0.0727. The summed E-state index contributed by atoms with van der Waals surface area (Å²) in [5.41, 5.74) is 6.67. The molecule has 1 amide bonds. The molecule has 120 valence electrons. The Morgan fingerprint density at radius 2 is 1.83 bits per heavy atom. The van der Waals surface area contributed by atoms with Crippen molar-refractivity contribution < 1.29 is 18.7 Å². The molecule has 2 aromatic carbocycles. The number of esters is 1. The SMILES string of the molecule is NC(=O)c1cccc(OC(=O)c2cc(-c3ccc(F)cc3)n[nH]2)c1. The van der Waals surface area contributed by atoms with Crippen molar-refractivity contribution in [2.45, 2.75) is 0 Å². The molecule has 3 rings (SSSR count). The van der Waals surface area contributed by atoms with E-state index in [-0.39, 0.29) is 22.8 Å². The average molecular weight is 325 g/mol. The van der Waals surface area contributed by atoms with Gasteiger partial charge in [0.2, 0.25) is 5.91 Å². The molecule has 0 aliphatic heterocycles. The van der Waals surface area contributed by atoms with E-state index in [9.17, 15) is 14.0 Å². The Morgan fingerprint density at radius 1 is 1.08 bits per heavy atom. The molecule has 24 heavy (non-hydrogen) atoms. The lowest BCUT2D eigenvalue weighted by atomic mass is 10.1. The van der Waals surface area contributed by atoms with E-state index < -0.39 is 11.9 Å². The molecule has 1 aromatic heterocycles. The molecule has 0 atom stereocenters. The molecule has 0 aliphatic rings. The molecule has 0 unspecified atom stereocenters. The van der Waals surface area contributed by atoms with Crippen molar-refractivity contribution in [3.8, 4) is 17.0 Å². The summed E-state index contributed by atoms with van der Waals surface area (Å²) in [5.74, 6) is -1.46. The highest BCUT2D eigenvalue weighted by molar-refractivity contribution is 5.94. The zero-order valence-corrected chi connectivity index (χ0v) is 12.3. The van der Waals surface area contributed by atoms with Crippen molar-refractivity contribution in [2.24, 2.45) is 5.73 Å². The van der Waals surface area contributed by atoms with E-state index in [1.54, 1.807) is 18.2 Å². The molecule has 6 nitrogen and oxygen atoms in total. The van der Waals surface area contributed by atoms with Gasteiger partial charge < -0.3 is 10.5 Å². The lowest BCUT2D eigenvalue weighted by Crippen LogP contribution is -2.12. The van der Waals surface area contributed by atoms with E-state index in [0.717, 1.165) is 0 Å². The number of aromatic nitrogens is 2. The van der Waals surface area contributed by atoms with Crippen LogP contribution in [0.4, 0.5) is 4.39 Å². The van der Waals surface area contributed by atoms with E-state index in [1.807, 2.05) is 0 Å². The molecule has 7 heteroatoms. The Kier molecular flexibility index (Phi) is 4.07. The Labute approximate surface area is 136 Å². The van der Waals surface area contributed by atoms with Gasteiger partial charge >= 0.3 is 5.97 Å². The first-order valence-electron chi connectivity index (χ1n) is 6.96. The first-order chi connectivity index (χ1) is 11.5. The molecule has 0 spiro atoms. The third-order valence-corrected chi connectivity index (χ3v) is 3.27. The number of nitrogens with two attached hydrogens (primary N) is 1. The molecule has 1 heterocycles. The van der Waals surface area contributed by atoms with E-state index in [4.69, 9.17) is 10.5 Å². The van der Waals surface area contributed by atoms with Gasteiger partial charge in [0, 0.05) is 11.1 Å². The molecular weight excluding hydrogens is 313 g/mol. The van der Waals surface area contributed by atoms with Crippen LogP contribution in [0.1, 0.15) is 20.8 Å². The Balaban J connectivity index is 1.77. The van der Waals surface area contributed by atoms with Crippen LogP contribution in [0.3, 0.4) is 0 Å². The molecule has 0 saturated heterocycles. The number of aromatic amines is 1. The number of nitrogens with zero attached hydrogens (tertiary/aromatic N) is 1. The van der Waals surface area contributed by atoms with Crippen LogP contribution in [0, 0.1) is 5.82 Å². The number of primary amides is 1. The van der Waals surface area contributed by atoms with Crippen molar-refractivity contribution >= 4 is 11.9 Å². The fraction of sp³-hybridized carbons (Fsp3) is 0. The lowest BCUT2D eigenvalue weighted by Gasteiger charge is -2.03. The number of rotatable bonds is 4. The highest BCUT2D eigenvalue weighted by atomic mass is 19.1. The Bertz CT molecular complexity index is 903. The molecule has 0 bridgehead atoms. The predicted octanol–water partition coefficient (Wildman–Crippen LogP) is 2.53. The maximum atomic E-state index is 12.9. The monoisotopic (exact) mass is 325 g/mol. The van der Waals surface area contributed by atoms with Gasteiger partial charge in [0.05, 0.1) is 5.69 Å².